The van der Waals surface area contributed by atoms with Crippen LogP contribution in [0.4, 0.5) is 0 Å². The third-order valence-electron chi connectivity index (χ3n) is 6.02. The Morgan fingerprint density at radius 2 is 1.73 bits per heavy atom. The van der Waals surface area contributed by atoms with Gasteiger partial charge < -0.3 is 9.47 Å². The molecule has 3 atom stereocenters. The normalized spacial score (nSPS) is 19.5. The molecule has 166 valence electrons. The highest BCUT2D eigenvalue weighted by Crippen LogP contribution is 2.60. The molecule has 4 rings (SSSR count). The van der Waals surface area contributed by atoms with E-state index in [-0.39, 0.29) is 23.2 Å². The molecule has 1 aliphatic carbocycles. The van der Waals surface area contributed by atoms with Gasteiger partial charge in [-0.1, -0.05) is 80.1 Å². The molecule has 0 N–H and O–H groups in total. The molecular formula is C28H24ClNO3. The van der Waals surface area contributed by atoms with Crippen molar-refractivity contribution in [2.75, 3.05) is 0 Å². The van der Waals surface area contributed by atoms with Crippen molar-refractivity contribution in [3.05, 3.63) is 101 Å². The molecule has 0 aliphatic heterocycles. The summed E-state index contributed by atoms with van der Waals surface area (Å²) in [5.41, 5.74) is 1.35. The second-order valence-corrected chi connectivity index (χ2v) is 9.11. The molecule has 0 radical (unpaired) electrons. The predicted molar refractivity (Wildman–Crippen MR) is 129 cm³/mol. The highest BCUT2D eigenvalue weighted by molar-refractivity contribution is 6.30. The lowest BCUT2D eigenvalue weighted by Crippen LogP contribution is -2.14. The van der Waals surface area contributed by atoms with Crippen LogP contribution in [0.5, 0.6) is 11.5 Å². The van der Waals surface area contributed by atoms with E-state index in [1.807, 2.05) is 80.6 Å². The molecule has 0 spiro atoms. The Hall–Kier alpha value is -3.55. The summed E-state index contributed by atoms with van der Waals surface area (Å²) in [4.78, 5) is 13.0. The van der Waals surface area contributed by atoms with Crippen molar-refractivity contribution in [1.82, 2.24) is 0 Å². The fraction of sp³-hybridized carbons (Fsp3) is 0.214. The summed E-state index contributed by atoms with van der Waals surface area (Å²) in [5.74, 6) is 0.626. The van der Waals surface area contributed by atoms with Crippen molar-refractivity contribution in [3.63, 3.8) is 0 Å². The maximum absolute atomic E-state index is 13.0. The first-order valence-corrected chi connectivity index (χ1v) is 11.1. The second kappa shape index (κ2) is 9.52. The Balaban J connectivity index is 1.43. The van der Waals surface area contributed by atoms with Gasteiger partial charge in [-0.05, 0) is 53.3 Å². The van der Waals surface area contributed by atoms with E-state index in [0.29, 0.717) is 22.1 Å². The molecule has 3 aromatic rings. The van der Waals surface area contributed by atoms with E-state index in [2.05, 4.69) is 6.07 Å². The first-order chi connectivity index (χ1) is 15.9. The summed E-state index contributed by atoms with van der Waals surface area (Å²) >= 11 is 5.94. The first kappa shape index (κ1) is 22.6. The Bertz CT molecular complexity index is 1200. The Kier molecular flexibility index (Phi) is 6.53. The molecule has 0 amide bonds. The minimum Gasteiger partial charge on any atom is -0.457 e. The fourth-order valence-corrected chi connectivity index (χ4v) is 4.13. The van der Waals surface area contributed by atoms with Gasteiger partial charge in [-0.3, -0.25) is 4.79 Å². The molecule has 0 bridgehead atoms. The van der Waals surface area contributed by atoms with Gasteiger partial charge in [0.2, 0.25) is 6.10 Å². The van der Waals surface area contributed by atoms with Gasteiger partial charge >= 0.3 is 5.97 Å². The van der Waals surface area contributed by atoms with Gasteiger partial charge in [-0.25, -0.2) is 0 Å². The van der Waals surface area contributed by atoms with Gasteiger partial charge in [0.15, 0.2) is 0 Å². The molecule has 1 saturated carbocycles. The number of carbonyl (C=O) groups excluding carboxylic acids is 1. The minimum absolute atomic E-state index is 0.0350. The van der Waals surface area contributed by atoms with E-state index in [1.54, 1.807) is 24.3 Å². The first-order valence-electron chi connectivity index (χ1n) is 10.8. The summed E-state index contributed by atoms with van der Waals surface area (Å²) in [7, 11) is 0. The van der Waals surface area contributed by atoms with E-state index < -0.39 is 6.10 Å². The SMILES string of the molecule is CC1(C)[C@H](C(=O)OC(C#N)c2cccc(Oc3ccccc3)c2)[C@@H]1/C=C/c1ccc(Cl)cc1. The van der Waals surface area contributed by atoms with Crippen LogP contribution in [0.25, 0.3) is 6.08 Å². The number of halogens is 1. The number of esters is 1. The quantitative estimate of drug-likeness (QED) is 0.351. The lowest BCUT2D eigenvalue weighted by molar-refractivity contribution is -0.149. The van der Waals surface area contributed by atoms with E-state index in [0.717, 1.165) is 5.56 Å². The van der Waals surface area contributed by atoms with Crippen molar-refractivity contribution in [2.45, 2.75) is 20.0 Å². The standard InChI is InChI=1S/C28H24ClNO3/c1-28(2)24(16-13-19-11-14-21(29)15-12-19)26(28)27(31)33-25(18-30)20-7-6-10-23(17-20)32-22-8-4-3-5-9-22/h3-17,24-26H,1-2H3/b16-13+/t24-,25?,26-/m0/s1. The third kappa shape index (κ3) is 5.27. The summed E-state index contributed by atoms with van der Waals surface area (Å²) in [6.45, 7) is 4.07. The lowest BCUT2D eigenvalue weighted by Gasteiger charge is -2.13. The van der Waals surface area contributed by atoms with Crippen LogP contribution < -0.4 is 4.74 Å². The Labute approximate surface area is 199 Å². The van der Waals surface area contributed by atoms with Gasteiger partial charge in [0.25, 0.3) is 0 Å². The third-order valence-corrected chi connectivity index (χ3v) is 6.27. The topological polar surface area (TPSA) is 59.3 Å². The van der Waals surface area contributed by atoms with Crippen LogP contribution in [0.15, 0.2) is 84.9 Å². The number of nitrogens with zero attached hydrogens (tertiary/aromatic N) is 1. The number of allylic oxidation sites excluding steroid dienone is 1. The van der Waals surface area contributed by atoms with Crippen LogP contribution in [-0.4, -0.2) is 5.97 Å². The molecule has 1 unspecified atom stereocenters. The minimum atomic E-state index is -1.01. The molecule has 0 aromatic heterocycles. The molecule has 33 heavy (non-hydrogen) atoms. The number of para-hydroxylation sites is 1. The summed E-state index contributed by atoms with van der Waals surface area (Å²) in [6.07, 6.45) is 3.02. The van der Waals surface area contributed by atoms with Crippen molar-refractivity contribution in [1.29, 1.82) is 5.26 Å². The zero-order chi connectivity index (χ0) is 23.4. The van der Waals surface area contributed by atoms with E-state index in [4.69, 9.17) is 21.1 Å². The average molecular weight is 458 g/mol. The zero-order valence-electron chi connectivity index (χ0n) is 18.4. The van der Waals surface area contributed by atoms with E-state index in [9.17, 15) is 10.1 Å². The molecular weight excluding hydrogens is 434 g/mol. The van der Waals surface area contributed by atoms with Crippen LogP contribution in [-0.2, 0) is 9.53 Å². The molecule has 1 fully saturated rings. The predicted octanol–water partition coefficient (Wildman–Crippen LogP) is 7.23. The maximum Gasteiger partial charge on any atom is 0.311 e. The smallest absolute Gasteiger partial charge is 0.311 e. The van der Waals surface area contributed by atoms with E-state index in [1.165, 1.54) is 0 Å². The lowest BCUT2D eigenvalue weighted by atomic mass is 10.1. The number of benzene rings is 3. The number of hydrogen-bond donors (Lipinski definition) is 0. The molecule has 1 aliphatic rings. The van der Waals surface area contributed by atoms with Crippen molar-refractivity contribution >= 4 is 23.6 Å². The van der Waals surface area contributed by atoms with Crippen LogP contribution in [0.3, 0.4) is 0 Å². The van der Waals surface area contributed by atoms with Gasteiger partial charge in [0, 0.05) is 10.6 Å². The van der Waals surface area contributed by atoms with Crippen molar-refractivity contribution < 1.29 is 14.3 Å². The van der Waals surface area contributed by atoms with Gasteiger partial charge in [-0.15, -0.1) is 0 Å². The van der Waals surface area contributed by atoms with Crippen LogP contribution >= 0.6 is 11.6 Å². The summed E-state index contributed by atoms with van der Waals surface area (Å²) < 4.78 is 11.5. The number of nitriles is 1. The highest BCUT2D eigenvalue weighted by atomic mass is 35.5. The summed E-state index contributed by atoms with van der Waals surface area (Å²) in [6, 6.07) is 26.1. The summed E-state index contributed by atoms with van der Waals surface area (Å²) in [5, 5.41) is 10.4. The molecule has 4 nitrogen and oxygen atoms in total. The number of carbonyl (C=O) groups is 1. The average Bonchev–Trinajstić information content (AvgIpc) is 3.38. The largest absolute Gasteiger partial charge is 0.457 e. The number of ether oxygens (including phenoxy) is 2. The maximum atomic E-state index is 13.0. The molecule has 0 saturated heterocycles. The van der Waals surface area contributed by atoms with Gasteiger partial charge in [0.1, 0.15) is 17.6 Å². The van der Waals surface area contributed by atoms with E-state index >= 15 is 0 Å². The monoisotopic (exact) mass is 457 g/mol. The molecule has 0 heterocycles. The molecule has 5 heteroatoms. The highest BCUT2D eigenvalue weighted by Gasteiger charge is 2.61. The van der Waals surface area contributed by atoms with Crippen molar-refractivity contribution in [3.8, 4) is 17.6 Å². The van der Waals surface area contributed by atoms with Crippen LogP contribution in [0, 0.1) is 28.6 Å². The van der Waals surface area contributed by atoms with Gasteiger partial charge in [0.05, 0.1) is 5.92 Å². The zero-order valence-corrected chi connectivity index (χ0v) is 19.2. The van der Waals surface area contributed by atoms with Crippen LogP contribution in [0.2, 0.25) is 5.02 Å². The second-order valence-electron chi connectivity index (χ2n) is 8.67. The number of hydrogen-bond acceptors (Lipinski definition) is 4. The van der Waals surface area contributed by atoms with Crippen molar-refractivity contribution in [2.24, 2.45) is 17.3 Å². The van der Waals surface area contributed by atoms with Crippen LogP contribution in [0.1, 0.15) is 31.1 Å². The fourth-order valence-electron chi connectivity index (χ4n) is 4.00. The molecule has 3 aromatic carbocycles. The number of rotatable bonds is 7. The van der Waals surface area contributed by atoms with Gasteiger partial charge in [-0.2, -0.15) is 5.26 Å². The Morgan fingerprint density at radius 3 is 2.42 bits per heavy atom. The Morgan fingerprint density at radius 1 is 1.03 bits per heavy atom.